The molecule has 1 N–H and O–H groups in total. The first kappa shape index (κ1) is 19.6. The number of anilines is 1. The van der Waals surface area contributed by atoms with Gasteiger partial charge in [-0.1, -0.05) is 36.4 Å². The molecule has 4 aromatic rings. The maximum Gasteiger partial charge on any atom is 0.416 e. The molecule has 0 saturated carbocycles. The molecule has 4 nitrogen and oxygen atoms in total. The lowest BCUT2D eigenvalue weighted by atomic mass is 10.1. The molecule has 30 heavy (non-hydrogen) atoms. The zero-order valence-electron chi connectivity index (χ0n) is 15.4. The molecule has 3 aromatic carbocycles. The predicted octanol–water partition coefficient (Wildman–Crippen LogP) is 6.10. The molecule has 8 heteroatoms. The summed E-state index contributed by atoms with van der Waals surface area (Å²) in [6.07, 6.45) is -4.48. The second-order valence-corrected chi connectivity index (χ2v) is 6.52. The zero-order valence-corrected chi connectivity index (χ0v) is 15.4. The maximum absolute atomic E-state index is 13.4. The van der Waals surface area contributed by atoms with Crippen LogP contribution in [0.1, 0.15) is 23.1 Å². The molecule has 0 spiro atoms. The Morgan fingerprint density at radius 2 is 1.57 bits per heavy atom. The molecule has 0 amide bonds. The smallest absolute Gasteiger partial charge is 0.416 e. The Bertz CT molecular complexity index is 1130. The lowest BCUT2D eigenvalue weighted by Gasteiger charge is -2.18. The van der Waals surface area contributed by atoms with E-state index in [1.807, 2.05) is 18.2 Å². The highest BCUT2D eigenvalue weighted by atomic mass is 19.4. The largest absolute Gasteiger partial charge is 0.418 e. The first-order valence-electron chi connectivity index (χ1n) is 8.98. The van der Waals surface area contributed by atoms with Crippen molar-refractivity contribution in [2.75, 3.05) is 5.32 Å². The van der Waals surface area contributed by atoms with Gasteiger partial charge in [0.05, 0.1) is 5.56 Å². The van der Waals surface area contributed by atoms with Gasteiger partial charge in [0.2, 0.25) is 11.8 Å². The molecule has 0 aliphatic carbocycles. The number of rotatable bonds is 5. The highest BCUT2D eigenvalue weighted by molar-refractivity contribution is 5.53. The number of nitrogens with one attached hydrogen (secondary N) is 1. The van der Waals surface area contributed by atoms with E-state index in [1.165, 1.54) is 36.4 Å². The van der Waals surface area contributed by atoms with Crippen LogP contribution < -0.4 is 5.32 Å². The predicted molar refractivity (Wildman–Crippen MR) is 103 cm³/mol. The lowest BCUT2D eigenvalue weighted by Crippen LogP contribution is -2.14. The molecule has 4 rings (SSSR count). The van der Waals surface area contributed by atoms with E-state index in [-0.39, 0.29) is 17.5 Å². The minimum atomic E-state index is -4.48. The minimum absolute atomic E-state index is 0.137. The van der Waals surface area contributed by atoms with E-state index in [4.69, 9.17) is 4.42 Å². The number of alkyl halides is 3. The van der Waals surface area contributed by atoms with E-state index in [2.05, 4.69) is 15.5 Å². The number of halogens is 4. The Morgan fingerprint density at radius 1 is 0.833 bits per heavy atom. The normalized spacial score (nSPS) is 12.5. The summed E-state index contributed by atoms with van der Waals surface area (Å²) < 4.78 is 58.4. The van der Waals surface area contributed by atoms with Crippen molar-refractivity contribution in [1.82, 2.24) is 10.2 Å². The fourth-order valence-corrected chi connectivity index (χ4v) is 2.94. The van der Waals surface area contributed by atoms with E-state index in [9.17, 15) is 17.6 Å². The quantitative estimate of drug-likeness (QED) is 0.402. The summed E-state index contributed by atoms with van der Waals surface area (Å²) >= 11 is 0. The van der Waals surface area contributed by atoms with Gasteiger partial charge in [0.1, 0.15) is 11.9 Å². The van der Waals surface area contributed by atoms with Crippen molar-refractivity contribution in [1.29, 1.82) is 0 Å². The average molecular weight is 413 g/mol. The summed E-state index contributed by atoms with van der Waals surface area (Å²) in [7, 11) is 0. The van der Waals surface area contributed by atoms with Crippen molar-refractivity contribution in [2.45, 2.75) is 12.2 Å². The van der Waals surface area contributed by atoms with Gasteiger partial charge in [-0.3, -0.25) is 0 Å². The van der Waals surface area contributed by atoms with Gasteiger partial charge in [-0.2, -0.15) is 13.2 Å². The van der Waals surface area contributed by atoms with Crippen LogP contribution in [0.5, 0.6) is 0 Å². The summed E-state index contributed by atoms with van der Waals surface area (Å²) in [5.74, 6) is -0.0338. The van der Waals surface area contributed by atoms with Crippen LogP contribution in [0.3, 0.4) is 0 Å². The first-order chi connectivity index (χ1) is 14.4. The molecule has 0 aliphatic rings. The van der Waals surface area contributed by atoms with E-state index in [0.717, 1.165) is 12.1 Å². The van der Waals surface area contributed by atoms with Crippen molar-refractivity contribution in [3.63, 3.8) is 0 Å². The third kappa shape index (κ3) is 4.32. The second kappa shape index (κ2) is 7.98. The number of hydrogen-bond acceptors (Lipinski definition) is 4. The molecule has 1 heterocycles. The van der Waals surface area contributed by atoms with Gasteiger partial charge in [-0.15, -0.1) is 10.2 Å². The van der Waals surface area contributed by atoms with E-state index < -0.39 is 23.6 Å². The van der Waals surface area contributed by atoms with Crippen LogP contribution >= 0.6 is 0 Å². The van der Waals surface area contributed by atoms with Gasteiger partial charge in [-0.25, -0.2) is 4.39 Å². The van der Waals surface area contributed by atoms with Crippen molar-refractivity contribution in [3.05, 3.63) is 102 Å². The molecule has 0 bridgehead atoms. The fraction of sp³-hybridized carbons (Fsp3) is 0.0909. The standard InChI is InChI=1S/C22H15F4N3O/c23-17-11-9-14(10-12-17)19(27-18-8-4-7-16(13-18)22(24,25)26)21-29-28-20(30-21)15-5-2-1-3-6-15/h1-13,19,27H/t19-/m1/s1. The zero-order chi connectivity index (χ0) is 21.1. The average Bonchev–Trinajstić information content (AvgIpc) is 3.23. The Hall–Kier alpha value is -3.68. The summed E-state index contributed by atoms with van der Waals surface area (Å²) in [6.45, 7) is 0. The van der Waals surface area contributed by atoms with Crippen LogP contribution in [-0.4, -0.2) is 10.2 Å². The Morgan fingerprint density at radius 3 is 2.27 bits per heavy atom. The van der Waals surface area contributed by atoms with Crippen LogP contribution in [-0.2, 0) is 6.18 Å². The maximum atomic E-state index is 13.4. The molecule has 0 fully saturated rings. The van der Waals surface area contributed by atoms with Crippen molar-refractivity contribution >= 4 is 5.69 Å². The van der Waals surface area contributed by atoms with Gasteiger partial charge in [0.25, 0.3) is 0 Å². The first-order valence-corrected chi connectivity index (χ1v) is 8.98. The molecule has 0 radical (unpaired) electrons. The third-order valence-electron chi connectivity index (χ3n) is 4.41. The topological polar surface area (TPSA) is 51.0 Å². The highest BCUT2D eigenvalue weighted by Crippen LogP contribution is 2.33. The summed E-state index contributed by atoms with van der Waals surface area (Å²) in [4.78, 5) is 0. The second-order valence-electron chi connectivity index (χ2n) is 6.52. The number of benzene rings is 3. The summed E-state index contributed by atoms with van der Waals surface area (Å²) in [6, 6.07) is 18.6. The van der Waals surface area contributed by atoms with Crippen molar-refractivity contribution in [3.8, 4) is 11.5 Å². The van der Waals surface area contributed by atoms with Crippen LogP contribution in [0, 0.1) is 5.82 Å². The lowest BCUT2D eigenvalue weighted by molar-refractivity contribution is -0.137. The van der Waals surface area contributed by atoms with Crippen LogP contribution in [0.2, 0.25) is 0 Å². The Balaban J connectivity index is 1.71. The molecule has 0 saturated heterocycles. The molecule has 0 unspecified atom stereocenters. The van der Waals surface area contributed by atoms with Gasteiger partial charge in [-0.05, 0) is 48.0 Å². The number of aromatic nitrogens is 2. The monoisotopic (exact) mass is 413 g/mol. The summed E-state index contributed by atoms with van der Waals surface area (Å²) in [5, 5.41) is 11.1. The van der Waals surface area contributed by atoms with Gasteiger partial charge < -0.3 is 9.73 Å². The van der Waals surface area contributed by atoms with Crippen LogP contribution in [0.25, 0.3) is 11.5 Å². The third-order valence-corrected chi connectivity index (χ3v) is 4.41. The van der Waals surface area contributed by atoms with E-state index in [0.29, 0.717) is 11.1 Å². The van der Waals surface area contributed by atoms with Gasteiger partial charge in [0.15, 0.2) is 0 Å². The Kier molecular flexibility index (Phi) is 5.22. The number of hydrogen-bond donors (Lipinski definition) is 1. The molecular formula is C22H15F4N3O. The van der Waals surface area contributed by atoms with Crippen LogP contribution in [0.15, 0.2) is 83.3 Å². The van der Waals surface area contributed by atoms with E-state index in [1.54, 1.807) is 12.1 Å². The number of nitrogens with zero attached hydrogens (tertiary/aromatic N) is 2. The van der Waals surface area contributed by atoms with Gasteiger partial charge >= 0.3 is 6.18 Å². The molecular weight excluding hydrogens is 398 g/mol. The Labute approximate surface area is 169 Å². The van der Waals surface area contributed by atoms with Crippen LogP contribution in [0.4, 0.5) is 23.2 Å². The highest BCUT2D eigenvalue weighted by Gasteiger charge is 2.31. The molecule has 1 aromatic heterocycles. The molecule has 1 atom stereocenters. The molecule has 152 valence electrons. The molecule has 0 aliphatic heterocycles. The summed E-state index contributed by atoms with van der Waals surface area (Å²) in [5.41, 5.74) is 0.671. The fourth-order valence-electron chi connectivity index (χ4n) is 2.94. The van der Waals surface area contributed by atoms with Gasteiger partial charge in [0, 0.05) is 11.3 Å². The van der Waals surface area contributed by atoms with E-state index >= 15 is 0 Å². The SMILES string of the molecule is Fc1ccc([C@@H](Nc2cccc(C(F)(F)F)c2)c2nnc(-c3ccccc3)o2)cc1. The van der Waals surface area contributed by atoms with Crippen molar-refractivity contribution < 1.29 is 22.0 Å². The van der Waals surface area contributed by atoms with Crippen molar-refractivity contribution in [2.24, 2.45) is 0 Å². The minimum Gasteiger partial charge on any atom is -0.418 e.